The number of benzene rings is 1. The fraction of sp³-hybridized carbons (Fsp3) is 0.294. The first-order valence-corrected chi connectivity index (χ1v) is 9.04. The molecule has 2 heterocycles. The lowest BCUT2D eigenvalue weighted by molar-refractivity contribution is -0.137. The zero-order valence-corrected chi connectivity index (χ0v) is 14.7. The third-order valence-corrected chi connectivity index (χ3v) is 4.63. The lowest BCUT2D eigenvalue weighted by Crippen LogP contribution is -2.29. The largest absolute Gasteiger partial charge is 0.481 e. The van der Waals surface area contributed by atoms with Gasteiger partial charge >= 0.3 is 12.0 Å². The van der Waals surface area contributed by atoms with Crippen molar-refractivity contribution in [1.82, 2.24) is 10.3 Å². The van der Waals surface area contributed by atoms with Crippen LogP contribution in [0.5, 0.6) is 0 Å². The number of aromatic nitrogens is 1. The molecule has 0 fully saturated rings. The molecule has 0 spiro atoms. The van der Waals surface area contributed by atoms with Gasteiger partial charge < -0.3 is 15.7 Å². The van der Waals surface area contributed by atoms with E-state index >= 15 is 0 Å². The zero-order valence-electron chi connectivity index (χ0n) is 13.9. The number of nitrogens with one attached hydrogen (secondary N) is 3. The number of urea groups is 1. The minimum absolute atomic E-state index is 0.0143. The first kappa shape index (κ1) is 17.9. The Morgan fingerprint density at radius 2 is 2.15 bits per heavy atom. The molecule has 26 heavy (non-hydrogen) atoms. The van der Waals surface area contributed by atoms with Gasteiger partial charge in [0.15, 0.2) is 5.13 Å². The number of carboxylic acids is 1. The van der Waals surface area contributed by atoms with E-state index in [1.165, 1.54) is 11.3 Å². The Bertz CT molecular complexity index is 849. The number of hydrogen-bond acceptors (Lipinski definition) is 5. The van der Waals surface area contributed by atoms with Gasteiger partial charge in [-0.25, -0.2) is 9.78 Å². The molecule has 0 radical (unpaired) electrons. The van der Waals surface area contributed by atoms with Crippen LogP contribution in [0.2, 0.25) is 0 Å². The third-order valence-electron chi connectivity index (χ3n) is 3.87. The number of hydrogen-bond donors (Lipinski definition) is 4. The molecule has 9 heteroatoms. The monoisotopic (exact) mass is 374 g/mol. The van der Waals surface area contributed by atoms with E-state index in [2.05, 4.69) is 20.9 Å². The van der Waals surface area contributed by atoms with Crippen molar-refractivity contribution in [2.24, 2.45) is 0 Å². The van der Waals surface area contributed by atoms with E-state index in [-0.39, 0.29) is 18.9 Å². The van der Waals surface area contributed by atoms with Gasteiger partial charge in [0.1, 0.15) is 0 Å². The molecule has 1 aromatic carbocycles. The predicted octanol–water partition coefficient (Wildman–Crippen LogP) is 2.68. The van der Waals surface area contributed by atoms with Crippen LogP contribution in [0.3, 0.4) is 0 Å². The molecule has 136 valence electrons. The summed E-state index contributed by atoms with van der Waals surface area (Å²) < 4.78 is 0. The maximum atomic E-state index is 11.8. The maximum absolute atomic E-state index is 11.8. The van der Waals surface area contributed by atoms with Gasteiger partial charge in [-0.15, -0.1) is 11.3 Å². The smallest absolute Gasteiger partial charge is 0.321 e. The van der Waals surface area contributed by atoms with E-state index in [4.69, 9.17) is 5.11 Å². The van der Waals surface area contributed by atoms with Crippen LogP contribution in [-0.4, -0.2) is 34.5 Å². The molecular formula is C17H18N4O4S. The maximum Gasteiger partial charge on any atom is 0.321 e. The van der Waals surface area contributed by atoms with Crippen molar-refractivity contribution < 1.29 is 19.5 Å². The summed E-state index contributed by atoms with van der Waals surface area (Å²) in [4.78, 5) is 38.0. The van der Waals surface area contributed by atoms with Gasteiger partial charge in [0.25, 0.3) is 0 Å². The van der Waals surface area contributed by atoms with Crippen LogP contribution in [0.1, 0.15) is 24.8 Å². The number of carbonyl (C=O) groups excluding carboxylic acids is 2. The van der Waals surface area contributed by atoms with Gasteiger partial charge in [0, 0.05) is 36.0 Å². The van der Waals surface area contributed by atoms with Gasteiger partial charge in [0.05, 0.1) is 5.69 Å². The molecule has 0 unspecified atom stereocenters. The van der Waals surface area contributed by atoms with Gasteiger partial charge in [-0.1, -0.05) is 6.07 Å². The van der Waals surface area contributed by atoms with Crippen molar-refractivity contribution in [2.75, 3.05) is 17.2 Å². The van der Waals surface area contributed by atoms with Crippen LogP contribution in [0.4, 0.5) is 15.6 Å². The SMILES string of the molecule is O=C(O)CCCNC(=O)Nc1nc(-c2ccc3c(c2)CCC(=O)N3)cs1. The van der Waals surface area contributed by atoms with E-state index in [0.717, 1.165) is 22.5 Å². The first-order chi connectivity index (χ1) is 12.5. The molecule has 0 atom stereocenters. The second kappa shape index (κ2) is 7.96. The van der Waals surface area contributed by atoms with E-state index < -0.39 is 12.0 Å². The lowest BCUT2D eigenvalue weighted by Gasteiger charge is -2.17. The summed E-state index contributed by atoms with van der Waals surface area (Å²) >= 11 is 1.31. The molecule has 1 aliphatic heterocycles. The highest BCUT2D eigenvalue weighted by molar-refractivity contribution is 7.14. The van der Waals surface area contributed by atoms with Gasteiger partial charge in [-0.05, 0) is 30.5 Å². The molecule has 0 saturated heterocycles. The van der Waals surface area contributed by atoms with Crippen LogP contribution in [-0.2, 0) is 16.0 Å². The van der Waals surface area contributed by atoms with E-state index in [1.807, 2.05) is 23.6 Å². The Morgan fingerprint density at radius 3 is 2.96 bits per heavy atom. The van der Waals surface area contributed by atoms with Crippen LogP contribution >= 0.6 is 11.3 Å². The number of anilines is 2. The average molecular weight is 374 g/mol. The highest BCUT2D eigenvalue weighted by Gasteiger charge is 2.16. The normalized spacial score (nSPS) is 12.8. The molecular weight excluding hydrogens is 356 g/mol. The van der Waals surface area contributed by atoms with Crippen molar-refractivity contribution in [3.05, 3.63) is 29.1 Å². The quantitative estimate of drug-likeness (QED) is 0.579. The number of carbonyl (C=O) groups is 3. The fourth-order valence-electron chi connectivity index (χ4n) is 2.59. The minimum Gasteiger partial charge on any atom is -0.481 e. The summed E-state index contributed by atoms with van der Waals surface area (Å²) in [5.41, 5.74) is 3.57. The lowest BCUT2D eigenvalue weighted by atomic mass is 9.99. The Balaban J connectivity index is 1.58. The van der Waals surface area contributed by atoms with Crippen molar-refractivity contribution in [1.29, 1.82) is 0 Å². The third kappa shape index (κ3) is 4.57. The van der Waals surface area contributed by atoms with Gasteiger partial charge in [0.2, 0.25) is 5.91 Å². The van der Waals surface area contributed by atoms with Crippen molar-refractivity contribution >= 4 is 40.1 Å². The summed E-state index contributed by atoms with van der Waals surface area (Å²) in [6, 6.07) is 5.34. The number of aliphatic carboxylic acids is 1. The molecule has 3 amide bonds. The second-order valence-electron chi connectivity index (χ2n) is 5.84. The number of carboxylic acid groups (broad SMARTS) is 1. The number of amides is 3. The number of rotatable bonds is 6. The zero-order chi connectivity index (χ0) is 18.5. The van der Waals surface area contributed by atoms with Crippen LogP contribution < -0.4 is 16.0 Å². The Kier molecular flexibility index (Phi) is 5.47. The number of fused-ring (bicyclic) bond motifs is 1. The molecule has 0 bridgehead atoms. The number of nitrogens with zero attached hydrogens (tertiary/aromatic N) is 1. The van der Waals surface area contributed by atoms with E-state index in [9.17, 15) is 14.4 Å². The van der Waals surface area contributed by atoms with Crippen LogP contribution in [0.25, 0.3) is 11.3 Å². The predicted molar refractivity (Wildman–Crippen MR) is 98.4 cm³/mol. The molecule has 4 N–H and O–H groups in total. The number of aryl methyl sites for hydroxylation is 1. The summed E-state index contributed by atoms with van der Waals surface area (Å²) in [5.74, 6) is -0.860. The molecule has 0 saturated carbocycles. The standard InChI is InChI=1S/C17H18N4O4S/c22-14-6-4-10-8-11(3-5-12(10)19-14)13-9-26-17(20-13)21-16(25)18-7-1-2-15(23)24/h3,5,8-9H,1-2,4,6-7H2,(H,19,22)(H,23,24)(H2,18,20,21,25). The molecule has 0 aliphatic carbocycles. The molecule has 8 nitrogen and oxygen atoms in total. The van der Waals surface area contributed by atoms with Gasteiger partial charge in [-0.3, -0.25) is 14.9 Å². The van der Waals surface area contributed by atoms with Crippen LogP contribution in [0.15, 0.2) is 23.6 Å². The first-order valence-electron chi connectivity index (χ1n) is 8.16. The summed E-state index contributed by atoms with van der Waals surface area (Å²) in [7, 11) is 0. The molecule has 3 rings (SSSR count). The average Bonchev–Trinajstić information content (AvgIpc) is 3.06. The highest BCUT2D eigenvalue weighted by atomic mass is 32.1. The summed E-state index contributed by atoms with van der Waals surface area (Å²) in [6.07, 6.45) is 1.56. The minimum atomic E-state index is -0.888. The van der Waals surface area contributed by atoms with E-state index in [1.54, 1.807) is 0 Å². The van der Waals surface area contributed by atoms with Crippen molar-refractivity contribution in [3.8, 4) is 11.3 Å². The Morgan fingerprint density at radius 1 is 1.31 bits per heavy atom. The molecule has 2 aromatic rings. The summed E-state index contributed by atoms with van der Waals surface area (Å²) in [6.45, 7) is 0.285. The molecule has 1 aliphatic rings. The Labute approximate surface area is 153 Å². The van der Waals surface area contributed by atoms with Crippen molar-refractivity contribution in [2.45, 2.75) is 25.7 Å². The van der Waals surface area contributed by atoms with Crippen LogP contribution in [0, 0.1) is 0 Å². The fourth-order valence-corrected chi connectivity index (χ4v) is 3.30. The summed E-state index contributed by atoms with van der Waals surface area (Å²) in [5, 5.41) is 18.9. The number of thiazole rings is 1. The topological polar surface area (TPSA) is 120 Å². The van der Waals surface area contributed by atoms with Crippen molar-refractivity contribution in [3.63, 3.8) is 0 Å². The Hall–Kier alpha value is -2.94. The van der Waals surface area contributed by atoms with E-state index in [0.29, 0.717) is 24.4 Å². The second-order valence-corrected chi connectivity index (χ2v) is 6.69. The van der Waals surface area contributed by atoms with Gasteiger partial charge in [-0.2, -0.15) is 0 Å². The molecule has 1 aromatic heterocycles. The highest BCUT2D eigenvalue weighted by Crippen LogP contribution is 2.30.